The van der Waals surface area contributed by atoms with E-state index in [2.05, 4.69) is 0 Å². The van der Waals surface area contributed by atoms with E-state index in [-0.39, 0.29) is 24.0 Å². The number of anilines is 1. The molecule has 0 fully saturated rings. The lowest BCUT2D eigenvalue weighted by Crippen LogP contribution is -2.37. The van der Waals surface area contributed by atoms with E-state index in [1.165, 1.54) is 6.92 Å². The van der Waals surface area contributed by atoms with Crippen molar-refractivity contribution < 1.29 is 24.3 Å². The fraction of sp³-hybridized carbons (Fsp3) is 0.400. The molecule has 0 saturated heterocycles. The molecule has 0 saturated carbocycles. The van der Waals surface area contributed by atoms with Crippen molar-refractivity contribution in [3.63, 3.8) is 0 Å². The minimum Gasteiger partial charge on any atom is -0.481 e. The molecule has 0 aromatic heterocycles. The average molecular weight is 372 g/mol. The molecule has 144 valence electrons. The third-order valence-electron chi connectivity index (χ3n) is 5.21. The molecular weight excluding hydrogens is 348 g/mol. The van der Waals surface area contributed by atoms with Crippen molar-refractivity contribution in [2.24, 2.45) is 16.6 Å². The van der Waals surface area contributed by atoms with Crippen LogP contribution in [0.1, 0.15) is 40.5 Å². The highest BCUT2D eigenvalue weighted by Gasteiger charge is 2.51. The molecule has 0 bridgehead atoms. The molecule has 1 atom stereocenters. The second kappa shape index (κ2) is 6.98. The minimum atomic E-state index is -1.56. The normalized spacial score (nSPS) is 17.3. The Balaban J connectivity index is 2.68. The second-order valence-corrected chi connectivity index (χ2v) is 7.55. The van der Waals surface area contributed by atoms with Gasteiger partial charge in [-0.05, 0) is 31.9 Å². The van der Waals surface area contributed by atoms with Gasteiger partial charge in [0, 0.05) is 16.6 Å². The molecule has 1 aliphatic rings. The molecule has 1 aromatic carbocycles. The molecule has 1 unspecified atom stereocenters. The molecule has 0 radical (unpaired) electrons. The Morgan fingerprint density at radius 3 is 2.07 bits per heavy atom. The Labute approximate surface area is 157 Å². The van der Waals surface area contributed by atoms with Gasteiger partial charge in [-0.1, -0.05) is 39.0 Å². The van der Waals surface area contributed by atoms with Crippen LogP contribution in [0.2, 0.25) is 0 Å². The largest absolute Gasteiger partial charge is 0.481 e. The van der Waals surface area contributed by atoms with E-state index in [9.17, 15) is 24.3 Å². The highest BCUT2D eigenvalue weighted by Crippen LogP contribution is 2.43. The zero-order chi connectivity index (χ0) is 20.6. The molecule has 0 spiro atoms. The summed E-state index contributed by atoms with van der Waals surface area (Å²) in [5.41, 5.74) is 3.05. The number of carboxylic acids is 1. The van der Waals surface area contributed by atoms with Crippen LogP contribution in [-0.2, 0) is 19.2 Å². The average Bonchev–Trinajstić information content (AvgIpc) is 2.84. The number of carbonyl (C=O) groups excluding carboxylic acids is 3. The number of imide groups is 1. The van der Waals surface area contributed by atoms with E-state index in [1.54, 1.807) is 51.1 Å². The summed E-state index contributed by atoms with van der Waals surface area (Å²) in [4.78, 5) is 51.0. The van der Waals surface area contributed by atoms with Crippen molar-refractivity contribution in [1.82, 2.24) is 0 Å². The number of hydrogen-bond donors (Lipinski definition) is 2. The van der Waals surface area contributed by atoms with Gasteiger partial charge < -0.3 is 10.8 Å². The maximum atomic E-state index is 13.2. The van der Waals surface area contributed by atoms with Crippen LogP contribution in [-0.4, -0.2) is 28.8 Å². The molecule has 3 amide bonds. The smallest absolute Gasteiger partial charge is 0.314 e. The van der Waals surface area contributed by atoms with Crippen LogP contribution in [0.3, 0.4) is 0 Å². The van der Waals surface area contributed by atoms with Crippen LogP contribution in [0.15, 0.2) is 41.5 Å². The van der Waals surface area contributed by atoms with Crippen molar-refractivity contribution in [2.75, 3.05) is 4.90 Å². The third kappa shape index (κ3) is 3.37. The van der Waals surface area contributed by atoms with Crippen LogP contribution in [0.25, 0.3) is 0 Å². The quantitative estimate of drug-likeness (QED) is 0.712. The lowest BCUT2D eigenvalue weighted by molar-refractivity contribution is -0.147. The summed E-state index contributed by atoms with van der Waals surface area (Å²) in [7, 11) is 0. The molecule has 1 aliphatic heterocycles. The predicted molar refractivity (Wildman–Crippen MR) is 99.6 cm³/mol. The number of carbonyl (C=O) groups is 4. The summed E-state index contributed by atoms with van der Waals surface area (Å²) in [6.45, 7) is 6.18. The van der Waals surface area contributed by atoms with E-state index in [4.69, 9.17) is 5.73 Å². The monoisotopic (exact) mass is 372 g/mol. The van der Waals surface area contributed by atoms with Crippen molar-refractivity contribution in [3.8, 4) is 0 Å². The number of aliphatic carboxylic acids is 1. The van der Waals surface area contributed by atoms with Crippen LogP contribution in [0.5, 0.6) is 0 Å². The number of carboxylic acid groups (broad SMARTS) is 1. The summed E-state index contributed by atoms with van der Waals surface area (Å²) in [6, 6.07) is 8.29. The van der Waals surface area contributed by atoms with Crippen LogP contribution >= 0.6 is 0 Å². The topological polar surface area (TPSA) is 118 Å². The number of rotatable bonds is 7. The Morgan fingerprint density at radius 1 is 1.07 bits per heavy atom. The summed E-state index contributed by atoms with van der Waals surface area (Å²) < 4.78 is 0. The molecule has 0 aliphatic carbocycles. The molecular formula is C20H24N2O5. The van der Waals surface area contributed by atoms with Gasteiger partial charge in [0.05, 0.1) is 11.1 Å². The maximum absolute atomic E-state index is 13.2. The molecule has 3 N–H and O–H groups in total. The zero-order valence-corrected chi connectivity index (χ0v) is 15.9. The lowest BCUT2D eigenvalue weighted by atomic mass is 9.74. The van der Waals surface area contributed by atoms with E-state index < -0.39 is 34.5 Å². The number of para-hydroxylation sites is 1. The summed E-state index contributed by atoms with van der Waals surface area (Å²) in [5, 5.41) is 9.77. The summed E-state index contributed by atoms with van der Waals surface area (Å²) in [5.74, 6) is -3.13. The van der Waals surface area contributed by atoms with Gasteiger partial charge in [-0.2, -0.15) is 0 Å². The number of hydrogen-bond acceptors (Lipinski definition) is 4. The van der Waals surface area contributed by atoms with Gasteiger partial charge in [-0.15, -0.1) is 0 Å². The maximum Gasteiger partial charge on any atom is 0.314 e. The van der Waals surface area contributed by atoms with E-state index in [0.29, 0.717) is 5.69 Å². The third-order valence-corrected chi connectivity index (χ3v) is 5.21. The number of primary amides is 1. The number of nitrogens with zero attached hydrogens (tertiary/aromatic N) is 1. The summed E-state index contributed by atoms with van der Waals surface area (Å²) in [6.07, 6.45) is -0.00569. The van der Waals surface area contributed by atoms with E-state index in [0.717, 1.165) is 4.90 Å². The van der Waals surface area contributed by atoms with Gasteiger partial charge >= 0.3 is 5.97 Å². The first-order valence-corrected chi connectivity index (χ1v) is 8.68. The fourth-order valence-electron chi connectivity index (χ4n) is 3.08. The van der Waals surface area contributed by atoms with Gasteiger partial charge in [0.15, 0.2) is 0 Å². The molecule has 2 rings (SSSR count). The van der Waals surface area contributed by atoms with E-state index in [1.807, 2.05) is 0 Å². The first-order chi connectivity index (χ1) is 12.5. The Morgan fingerprint density at radius 2 is 1.63 bits per heavy atom. The van der Waals surface area contributed by atoms with Crippen molar-refractivity contribution in [2.45, 2.75) is 40.5 Å². The van der Waals surface area contributed by atoms with Crippen molar-refractivity contribution in [3.05, 3.63) is 41.5 Å². The van der Waals surface area contributed by atoms with Crippen molar-refractivity contribution in [1.29, 1.82) is 0 Å². The first kappa shape index (κ1) is 20.4. The van der Waals surface area contributed by atoms with Crippen LogP contribution in [0, 0.1) is 10.8 Å². The molecule has 1 heterocycles. The first-order valence-electron chi connectivity index (χ1n) is 8.68. The van der Waals surface area contributed by atoms with Crippen LogP contribution < -0.4 is 10.6 Å². The van der Waals surface area contributed by atoms with Gasteiger partial charge in [0.25, 0.3) is 11.8 Å². The number of benzene rings is 1. The number of nitrogens with two attached hydrogens (primary N) is 1. The lowest BCUT2D eigenvalue weighted by Gasteiger charge is -2.26. The Bertz CT molecular complexity index is 841. The Kier molecular flexibility index (Phi) is 5.26. The molecule has 27 heavy (non-hydrogen) atoms. The van der Waals surface area contributed by atoms with Crippen LogP contribution in [0.4, 0.5) is 5.69 Å². The fourth-order valence-corrected chi connectivity index (χ4v) is 3.08. The molecule has 7 heteroatoms. The van der Waals surface area contributed by atoms with E-state index >= 15 is 0 Å². The molecule has 7 nitrogen and oxygen atoms in total. The standard InChI is InChI=1S/C20H24N2O5/c1-5-20(4,18(26)27)14-13(11-19(2,3)17(21)25)15(23)22(16(14)24)12-9-7-6-8-10-12/h6-10H,5,11H2,1-4H3,(H2,21,25)(H,26,27). The van der Waals surface area contributed by atoms with Gasteiger partial charge in [0.2, 0.25) is 5.91 Å². The second-order valence-electron chi connectivity index (χ2n) is 7.55. The van der Waals surface area contributed by atoms with Crippen molar-refractivity contribution >= 4 is 29.4 Å². The Hall–Kier alpha value is -2.96. The zero-order valence-electron chi connectivity index (χ0n) is 15.9. The highest BCUT2D eigenvalue weighted by atomic mass is 16.4. The molecule has 1 aromatic rings. The highest BCUT2D eigenvalue weighted by molar-refractivity contribution is 6.34. The van der Waals surface area contributed by atoms with Gasteiger partial charge in [0.1, 0.15) is 0 Å². The minimum absolute atomic E-state index is 0.0272. The van der Waals surface area contributed by atoms with Gasteiger partial charge in [-0.3, -0.25) is 19.2 Å². The predicted octanol–water partition coefficient (Wildman–Crippen LogP) is 2.26. The SMILES string of the molecule is CCC(C)(C(=O)O)C1=C(CC(C)(C)C(N)=O)C(=O)N(c2ccccc2)C1=O. The number of amides is 3. The van der Waals surface area contributed by atoms with Gasteiger partial charge in [-0.25, -0.2) is 4.90 Å². The summed E-state index contributed by atoms with van der Waals surface area (Å²) >= 11 is 0.